The minimum atomic E-state index is -0.423. The van der Waals surface area contributed by atoms with Crippen molar-refractivity contribution in [2.45, 2.75) is 20.8 Å². The fourth-order valence-corrected chi connectivity index (χ4v) is 4.81. The fraction of sp³-hybridized carbons (Fsp3) is 0.207. The Hall–Kier alpha value is -3.75. The van der Waals surface area contributed by atoms with Gasteiger partial charge in [-0.25, -0.2) is 0 Å². The number of aryl methyl sites for hydroxylation is 3. The van der Waals surface area contributed by atoms with Crippen LogP contribution in [0.2, 0.25) is 5.02 Å². The summed E-state index contributed by atoms with van der Waals surface area (Å²) >= 11 is 7.02. The van der Waals surface area contributed by atoms with Crippen molar-refractivity contribution in [3.05, 3.63) is 92.8 Å². The smallest absolute Gasteiger partial charge is 0.293 e. The number of hydrogen-bond donors (Lipinski definition) is 1. The summed E-state index contributed by atoms with van der Waals surface area (Å²) < 4.78 is 11.6. The Balaban J connectivity index is 1.41. The molecule has 196 valence electrons. The van der Waals surface area contributed by atoms with Crippen molar-refractivity contribution in [2.24, 2.45) is 0 Å². The minimum Gasteiger partial charge on any atom is -0.491 e. The van der Waals surface area contributed by atoms with Crippen LogP contribution in [0.4, 0.5) is 10.5 Å². The van der Waals surface area contributed by atoms with Gasteiger partial charge in [0, 0.05) is 16.3 Å². The molecule has 0 bridgehead atoms. The molecule has 3 aromatic carbocycles. The lowest BCUT2D eigenvalue weighted by molar-refractivity contribution is -0.123. The lowest BCUT2D eigenvalue weighted by Crippen LogP contribution is -2.32. The number of rotatable bonds is 9. The van der Waals surface area contributed by atoms with Gasteiger partial charge in [-0.15, -0.1) is 0 Å². The van der Waals surface area contributed by atoms with Gasteiger partial charge in [-0.3, -0.25) is 19.3 Å². The molecule has 0 radical (unpaired) electrons. The third-order valence-electron chi connectivity index (χ3n) is 5.71. The summed E-state index contributed by atoms with van der Waals surface area (Å²) in [7, 11) is 0. The quantitative estimate of drug-likeness (QED) is 0.310. The molecule has 1 N–H and O–H groups in total. The van der Waals surface area contributed by atoms with E-state index >= 15 is 0 Å². The van der Waals surface area contributed by atoms with Gasteiger partial charge in [0.05, 0.1) is 11.4 Å². The van der Waals surface area contributed by atoms with Gasteiger partial charge in [0.1, 0.15) is 18.1 Å². The van der Waals surface area contributed by atoms with E-state index in [9.17, 15) is 14.4 Å². The fourth-order valence-electron chi connectivity index (χ4n) is 3.77. The van der Waals surface area contributed by atoms with Gasteiger partial charge in [0.2, 0.25) is 0 Å². The summed E-state index contributed by atoms with van der Waals surface area (Å²) in [6.45, 7) is 5.90. The Morgan fingerprint density at radius 1 is 0.974 bits per heavy atom. The van der Waals surface area contributed by atoms with E-state index in [0.717, 1.165) is 39.1 Å². The molecule has 9 heteroatoms. The van der Waals surface area contributed by atoms with E-state index in [1.807, 2.05) is 57.2 Å². The third kappa shape index (κ3) is 6.96. The van der Waals surface area contributed by atoms with E-state index in [2.05, 4.69) is 5.32 Å². The first kappa shape index (κ1) is 27.3. The first-order chi connectivity index (χ1) is 18.2. The molecule has 1 aliphatic rings. The van der Waals surface area contributed by atoms with Crippen LogP contribution in [0.1, 0.15) is 22.3 Å². The number of carbonyl (C=O) groups is 3. The Bertz CT molecular complexity index is 1420. The molecule has 0 aliphatic carbocycles. The second-order valence-corrected chi connectivity index (χ2v) is 10.3. The average Bonchev–Trinajstić information content (AvgIpc) is 3.13. The van der Waals surface area contributed by atoms with E-state index in [0.29, 0.717) is 22.0 Å². The van der Waals surface area contributed by atoms with Gasteiger partial charge in [0.25, 0.3) is 17.1 Å². The number of carbonyl (C=O) groups excluding carboxylic acids is 3. The van der Waals surface area contributed by atoms with Crippen LogP contribution in [0.5, 0.6) is 11.5 Å². The summed E-state index contributed by atoms with van der Waals surface area (Å²) in [6, 6.07) is 18.2. The van der Waals surface area contributed by atoms with E-state index in [1.165, 1.54) is 0 Å². The molecule has 1 heterocycles. The highest BCUT2D eigenvalue weighted by Gasteiger charge is 2.35. The highest BCUT2D eigenvalue weighted by molar-refractivity contribution is 8.18. The molecule has 0 unspecified atom stereocenters. The number of nitrogens with one attached hydrogen (secondary N) is 1. The second-order valence-electron chi connectivity index (χ2n) is 8.84. The molecule has 0 aromatic heterocycles. The topological polar surface area (TPSA) is 84.9 Å². The number of halogens is 1. The van der Waals surface area contributed by atoms with Gasteiger partial charge >= 0.3 is 0 Å². The predicted molar refractivity (Wildman–Crippen MR) is 151 cm³/mol. The number of hydrogen-bond acceptors (Lipinski definition) is 6. The zero-order valence-electron chi connectivity index (χ0n) is 21.2. The maximum Gasteiger partial charge on any atom is 0.293 e. The molecule has 0 saturated carbocycles. The average molecular weight is 551 g/mol. The Morgan fingerprint density at radius 2 is 1.76 bits per heavy atom. The zero-order chi connectivity index (χ0) is 27.2. The van der Waals surface area contributed by atoms with Crippen LogP contribution in [-0.2, 0) is 9.59 Å². The van der Waals surface area contributed by atoms with Crippen LogP contribution >= 0.6 is 23.4 Å². The SMILES string of the molecule is Cc1cccc(NC(=O)COc2ccc(Cl)cc2/C=C2\SC(=O)N(CCOc3cc(C)ccc3C)C2=O)c1. The summed E-state index contributed by atoms with van der Waals surface area (Å²) in [5.41, 5.74) is 4.22. The number of ether oxygens (including phenoxy) is 2. The molecule has 3 amide bonds. The summed E-state index contributed by atoms with van der Waals surface area (Å²) in [5.74, 6) is 0.326. The van der Waals surface area contributed by atoms with Crippen molar-refractivity contribution >= 4 is 52.2 Å². The van der Waals surface area contributed by atoms with Gasteiger partial charge in [-0.1, -0.05) is 35.9 Å². The third-order valence-corrected chi connectivity index (χ3v) is 6.85. The summed E-state index contributed by atoms with van der Waals surface area (Å²) in [5, 5.41) is 2.83. The number of nitrogens with zero attached hydrogens (tertiary/aromatic N) is 1. The van der Waals surface area contributed by atoms with E-state index in [-0.39, 0.29) is 35.8 Å². The standard InChI is InChI=1S/C29H27ClN2O5S/c1-18-5-4-6-23(13-18)31-27(33)17-37-24-10-9-22(30)15-21(24)16-26-28(34)32(29(35)38-26)11-12-36-25-14-19(2)7-8-20(25)3/h4-10,13-16H,11-12,17H2,1-3H3,(H,31,33)/b26-16-. The number of anilines is 1. The minimum absolute atomic E-state index is 0.118. The summed E-state index contributed by atoms with van der Waals surface area (Å²) in [4.78, 5) is 39.4. The van der Waals surface area contributed by atoms with Crippen molar-refractivity contribution in [1.29, 1.82) is 0 Å². The first-order valence-electron chi connectivity index (χ1n) is 11.9. The van der Waals surface area contributed by atoms with Crippen molar-refractivity contribution < 1.29 is 23.9 Å². The maximum atomic E-state index is 13.0. The molecule has 3 aromatic rings. The van der Waals surface area contributed by atoms with Crippen LogP contribution < -0.4 is 14.8 Å². The predicted octanol–water partition coefficient (Wildman–Crippen LogP) is 6.40. The first-order valence-corrected chi connectivity index (χ1v) is 13.1. The molecule has 1 aliphatic heterocycles. The van der Waals surface area contributed by atoms with Gasteiger partial charge in [-0.2, -0.15) is 0 Å². The van der Waals surface area contributed by atoms with Crippen LogP contribution in [-0.4, -0.2) is 41.7 Å². The normalized spacial score (nSPS) is 14.2. The monoisotopic (exact) mass is 550 g/mol. The largest absolute Gasteiger partial charge is 0.491 e. The lowest BCUT2D eigenvalue weighted by atomic mass is 10.1. The Kier molecular flexibility index (Phi) is 8.76. The zero-order valence-corrected chi connectivity index (χ0v) is 22.8. The highest BCUT2D eigenvalue weighted by atomic mass is 35.5. The molecule has 0 spiro atoms. The molecule has 0 atom stereocenters. The van der Waals surface area contributed by atoms with Gasteiger partial charge in [-0.05, 0) is 91.7 Å². The second kappa shape index (κ2) is 12.2. The molecule has 1 saturated heterocycles. The molecular formula is C29H27ClN2O5S. The van der Waals surface area contributed by atoms with Crippen LogP contribution in [0, 0.1) is 20.8 Å². The van der Waals surface area contributed by atoms with Crippen LogP contribution in [0.15, 0.2) is 65.6 Å². The molecular weight excluding hydrogens is 524 g/mol. The van der Waals surface area contributed by atoms with E-state index < -0.39 is 5.91 Å². The molecule has 4 rings (SSSR count). The number of thioether (sulfide) groups is 1. The van der Waals surface area contributed by atoms with Crippen molar-refractivity contribution in [3.8, 4) is 11.5 Å². The van der Waals surface area contributed by atoms with Crippen molar-refractivity contribution in [3.63, 3.8) is 0 Å². The van der Waals surface area contributed by atoms with E-state index in [1.54, 1.807) is 30.3 Å². The molecule has 38 heavy (non-hydrogen) atoms. The molecule has 1 fully saturated rings. The van der Waals surface area contributed by atoms with Crippen LogP contribution in [0.3, 0.4) is 0 Å². The van der Waals surface area contributed by atoms with Gasteiger partial charge < -0.3 is 14.8 Å². The highest BCUT2D eigenvalue weighted by Crippen LogP contribution is 2.35. The molecule has 7 nitrogen and oxygen atoms in total. The number of amides is 3. The van der Waals surface area contributed by atoms with Crippen LogP contribution in [0.25, 0.3) is 6.08 Å². The van der Waals surface area contributed by atoms with Gasteiger partial charge in [0.15, 0.2) is 6.61 Å². The van der Waals surface area contributed by atoms with E-state index in [4.69, 9.17) is 21.1 Å². The van der Waals surface area contributed by atoms with Crippen molar-refractivity contribution in [1.82, 2.24) is 4.90 Å². The lowest BCUT2D eigenvalue weighted by Gasteiger charge is -2.14. The Labute approximate surface area is 230 Å². The van der Waals surface area contributed by atoms with Crippen molar-refractivity contribution in [2.75, 3.05) is 25.1 Å². The maximum absolute atomic E-state index is 13.0. The summed E-state index contributed by atoms with van der Waals surface area (Å²) in [6.07, 6.45) is 1.55. The Morgan fingerprint density at radius 3 is 2.55 bits per heavy atom. The number of imide groups is 1. The number of benzene rings is 3.